The predicted octanol–water partition coefficient (Wildman–Crippen LogP) is 0.993. The molecule has 0 amide bonds. The number of ketones is 1. The first-order chi connectivity index (χ1) is 6.77. The van der Waals surface area contributed by atoms with Crippen molar-refractivity contribution < 1.29 is 14.3 Å². The largest absolute Gasteiger partial charge is 0.458 e. The van der Waals surface area contributed by atoms with Crippen molar-refractivity contribution in [3.63, 3.8) is 0 Å². The summed E-state index contributed by atoms with van der Waals surface area (Å²) in [6.07, 6.45) is 3.11. The van der Waals surface area contributed by atoms with Crippen LogP contribution < -0.4 is 0 Å². The second-order valence-corrected chi connectivity index (χ2v) is 2.82. The van der Waals surface area contributed by atoms with Crippen molar-refractivity contribution in [3.05, 3.63) is 18.2 Å². The van der Waals surface area contributed by atoms with Gasteiger partial charge in [-0.15, -0.1) is 0 Å². The highest BCUT2D eigenvalue weighted by Crippen LogP contribution is 2.18. The van der Waals surface area contributed by atoms with Gasteiger partial charge in [0.25, 0.3) is 6.47 Å². The summed E-state index contributed by atoms with van der Waals surface area (Å²) in [4.78, 5) is 28.0. The molecule has 1 heterocycles. The molecule has 1 aromatic heterocycles. The van der Waals surface area contributed by atoms with Gasteiger partial charge in [0.2, 0.25) is 0 Å². The van der Waals surface area contributed by atoms with Crippen molar-refractivity contribution in [3.8, 4) is 0 Å². The van der Waals surface area contributed by atoms with Crippen LogP contribution in [0.25, 0.3) is 0 Å². The molecule has 1 aromatic rings. The second kappa shape index (κ2) is 5.16. The summed E-state index contributed by atoms with van der Waals surface area (Å²) in [7, 11) is 0. The summed E-state index contributed by atoms with van der Waals surface area (Å²) in [5.41, 5.74) is 0.638. The Bertz CT molecular complexity index is 295. The molecule has 0 bridgehead atoms. The molecule has 1 unspecified atom stereocenters. The van der Waals surface area contributed by atoms with Crippen molar-refractivity contribution in [2.75, 3.05) is 0 Å². The minimum Gasteiger partial charge on any atom is -0.458 e. The number of nitrogens with zero attached hydrogens (tertiary/aromatic N) is 1. The van der Waals surface area contributed by atoms with Crippen LogP contribution in [-0.4, -0.2) is 22.2 Å². The summed E-state index contributed by atoms with van der Waals surface area (Å²) in [6.45, 7) is 2.11. The van der Waals surface area contributed by atoms with Gasteiger partial charge in [-0.25, -0.2) is 4.98 Å². The SMILES string of the molecule is CCC(=O)CC(OC=O)c1cnc[nH]1. The van der Waals surface area contributed by atoms with Crippen LogP contribution in [0.15, 0.2) is 12.5 Å². The van der Waals surface area contributed by atoms with E-state index in [0.29, 0.717) is 18.6 Å². The first-order valence-corrected chi connectivity index (χ1v) is 4.37. The average molecular weight is 196 g/mol. The van der Waals surface area contributed by atoms with Gasteiger partial charge >= 0.3 is 0 Å². The molecule has 1 N–H and O–H groups in total. The summed E-state index contributed by atoms with van der Waals surface area (Å²) in [5.74, 6) is 0.0476. The van der Waals surface area contributed by atoms with Crippen molar-refractivity contribution in [2.45, 2.75) is 25.9 Å². The van der Waals surface area contributed by atoms with E-state index in [9.17, 15) is 9.59 Å². The van der Waals surface area contributed by atoms with Crippen LogP contribution in [0.3, 0.4) is 0 Å². The zero-order valence-corrected chi connectivity index (χ0v) is 7.90. The van der Waals surface area contributed by atoms with Gasteiger partial charge in [0.1, 0.15) is 11.9 Å². The van der Waals surface area contributed by atoms with E-state index in [2.05, 4.69) is 9.97 Å². The maximum Gasteiger partial charge on any atom is 0.293 e. The highest BCUT2D eigenvalue weighted by atomic mass is 16.5. The molecule has 5 heteroatoms. The number of aromatic amines is 1. The number of carbonyl (C=O) groups is 2. The van der Waals surface area contributed by atoms with Crippen LogP contribution in [0, 0.1) is 0 Å². The van der Waals surface area contributed by atoms with Gasteiger partial charge in [0, 0.05) is 12.8 Å². The molecule has 0 aliphatic rings. The van der Waals surface area contributed by atoms with Gasteiger partial charge in [0.05, 0.1) is 18.2 Å². The Hall–Kier alpha value is -1.65. The summed E-state index contributed by atoms with van der Waals surface area (Å²) < 4.78 is 4.79. The number of hydrogen-bond acceptors (Lipinski definition) is 4. The third-order valence-electron chi connectivity index (χ3n) is 1.89. The molecule has 0 radical (unpaired) electrons. The molecular weight excluding hydrogens is 184 g/mol. The number of nitrogens with one attached hydrogen (secondary N) is 1. The van der Waals surface area contributed by atoms with Crippen LogP contribution >= 0.6 is 0 Å². The summed E-state index contributed by atoms with van der Waals surface area (Å²) in [6, 6.07) is 0. The molecular formula is C9H12N2O3. The van der Waals surface area contributed by atoms with E-state index in [1.165, 1.54) is 12.5 Å². The van der Waals surface area contributed by atoms with E-state index in [4.69, 9.17) is 4.74 Å². The van der Waals surface area contributed by atoms with Crippen molar-refractivity contribution in [1.82, 2.24) is 9.97 Å². The lowest BCUT2D eigenvalue weighted by Crippen LogP contribution is -2.09. The molecule has 0 spiro atoms. The Morgan fingerprint density at radius 1 is 1.79 bits per heavy atom. The molecule has 0 saturated heterocycles. The second-order valence-electron chi connectivity index (χ2n) is 2.82. The van der Waals surface area contributed by atoms with E-state index in [0.717, 1.165) is 0 Å². The summed E-state index contributed by atoms with van der Waals surface area (Å²) in [5, 5.41) is 0. The highest BCUT2D eigenvalue weighted by molar-refractivity contribution is 5.78. The number of ether oxygens (including phenoxy) is 1. The fourth-order valence-corrected chi connectivity index (χ4v) is 1.09. The van der Waals surface area contributed by atoms with E-state index >= 15 is 0 Å². The van der Waals surface area contributed by atoms with E-state index in [1.54, 1.807) is 6.92 Å². The first-order valence-electron chi connectivity index (χ1n) is 4.37. The van der Waals surface area contributed by atoms with Crippen LogP contribution in [0.1, 0.15) is 31.6 Å². The molecule has 5 nitrogen and oxygen atoms in total. The third-order valence-corrected chi connectivity index (χ3v) is 1.89. The topological polar surface area (TPSA) is 72.1 Å². The molecule has 1 atom stereocenters. The average Bonchev–Trinajstić information content (AvgIpc) is 2.69. The zero-order chi connectivity index (χ0) is 10.4. The molecule has 0 aliphatic carbocycles. The molecule has 14 heavy (non-hydrogen) atoms. The number of rotatable bonds is 6. The van der Waals surface area contributed by atoms with E-state index in [-0.39, 0.29) is 12.2 Å². The minimum absolute atomic E-state index is 0.0476. The van der Waals surface area contributed by atoms with Crippen LogP contribution in [0.4, 0.5) is 0 Å². The van der Waals surface area contributed by atoms with Crippen LogP contribution in [-0.2, 0) is 14.3 Å². The lowest BCUT2D eigenvalue weighted by atomic mass is 10.1. The maximum atomic E-state index is 11.2. The number of carbonyl (C=O) groups excluding carboxylic acids is 2. The fraction of sp³-hybridized carbons (Fsp3) is 0.444. The standard InChI is InChI=1S/C9H12N2O3/c1-2-7(13)3-9(14-6-12)8-4-10-5-11-8/h4-6,9H,2-3H2,1H3,(H,10,11). The van der Waals surface area contributed by atoms with Crippen molar-refractivity contribution >= 4 is 12.3 Å². The quantitative estimate of drug-likeness (QED) is 0.689. The Kier molecular flexibility index (Phi) is 3.84. The number of H-pyrrole nitrogens is 1. The molecule has 0 aliphatic heterocycles. The van der Waals surface area contributed by atoms with Gasteiger partial charge < -0.3 is 9.72 Å². The van der Waals surface area contributed by atoms with Gasteiger partial charge in [0.15, 0.2) is 0 Å². The number of imidazole rings is 1. The van der Waals surface area contributed by atoms with Crippen molar-refractivity contribution in [2.24, 2.45) is 0 Å². The monoisotopic (exact) mass is 196 g/mol. The predicted molar refractivity (Wildman–Crippen MR) is 48.4 cm³/mol. The Morgan fingerprint density at radius 3 is 3.07 bits per heavy atom. The van der Waals surface area contributed by atoms with E-state index in [1.807, 2.05) is 0 Å². The third kappa shape index (κ3) is 2.69. The van der Waals surface area contributed by atoms with Gasteiger partial charge in [-0.2, -0.15) is 0 Å². The fourth-order valence-electron chi connectivity index (χ4n) is 1.09. The highest BCUT2D eigenvalue weighted by Gasteiger charge is 2.17. The van der Waals surface area contributed by atoms with Gasteiger partial charge in [-0.3, -0.25) is 9.59 Å². The lowest BCUT2D eigenvalue weighted by Gasteiger charge is -2.11. The molecule has 0 aromatic carbocycles. The van der Waals surface area contributed by atoms with Crippen LogP contribution in [0.2, 0.25) is 0 Å². The van der Waals surface area contributed by atoms with Crippen molar-refractivity contribution in [1.29, 1.82) is 0 Å². The van der Waals surface area contributed by atoms with E-state index < -0.39 is 6.10 Å². The zero-order valence-electron chi connectivity index (χ0n) is 7.90. The Balaban J connectivity index is 2.64. The maximum absolute atomic E-state index is 11.2. The Morgan fingerprint density at radius 2 is 2.57 bits per heavy atom. The van der Waals surface area contributed by atoms with Crippen LogP contribution in [0.5, 0.6) is 0 Å². The smallest absolute Gasteiger partial charge is 0.293 e. The normalized spacial score (nSPS) is 12.1. The summed E-state index contributed by atoms with van der Waals surface area (Å²) >= 11 is 0. The first kappa shape index (κ1) is 10.4. The number of aromatic nitrogens is 2. The molecule has 0 saturated carbocycles. The number of Topliss-reactive ketones (excluding diaryl/α,β-unsaturated/α-hetero) is 1. The Labute approximate surface area is 81.5 Å². The molecule has 76 valence electrons. The van der Waals surface area contributed by atoms with Gasteiger partial charge in [-0.1, -0.05) is 6.92 Å². The van der Waals surface area contributed by atoms with Gasteiger partial charge in [-0.05, 0) is 0 Å². The minimum atomic E-state index is -0.539. The molecule has 0 fully saturated rings. The molecule has 1 rings (SSSR count). The number of hydrogen-bond donors (Lipinski definition) is 1. The lowest BCUT2D eigenvalue weighted by molar-refractivity contribution is -0.136.